The monoisotopic (exact) mass is 405 g/mol. The Morgan fingerprint density at radius 1 is 1.13 bits per heavy atom. The van der Waals surface area contributed by atoms with E-state index in [9.17, 15) is 14.0 Å². The van der Waals surface area contributed by atoms with Gasteiger partial charge in [0.15, 0.2) is 5.78 Å². The summed E-state index contributed by atoms with van der Waals surface area (Å²) in [6.45, 7) is 5.80. The van der Waals surface area contributed by atoms with Crippen LogP contribution in [0.5, 0.6) is 0 Å². The van der Waals surface area contributed by atoms with Crippen LogP contribution in [-0.2, 0) is 9.59 Å². The minimum absolute atomic E-state index is 0.0248. The first kappa shape index (κ1) is 20.0. The first-order valence-electron chi connectivity index (χ1n) is 10.1. The molecule has 5 nitrogen and oxygen atoms in total. The summed E-state index contributed by atoms with van der Waals surface area (Å²) in [7, 11) is 0. The third-order valence-electron chi connectivity index (χ3n) is 5.63. The number of ketones is 1. The second kappa shape index (κ2) is 7.86. The molecule has 2 N–H and O–H groups in total. The highest BCUT2D eigenvalue weighted by Gasteiger charge is 2.39. The van der Waals surface area contributed by atoms with Crippen LogP contribution in [0, 0.1) is 18.7 Å². The largest absolute Gasteiger partial charge is 0.362 e. The lowest BCUT2D eigenvalue weighted by atomic mass is 9.73. The number of nitrogens with one attached hydrogen (secondary N) is 2. The predicted molar refractivity (Wildman–Crippen MR) is 113 cm³/mol. The van der Waals surface area contributed by atoms with E-state index in [1.807, 2.05) is 26.8 Å². The second-order valence-electron chi connectivity index (χ2n) is 8.15. The zero-order chi connectivity index (χ0) is 21.4. The number of pyridine rings is 1. The molecule has 1 aromatic carbocycles. The first-order chi connectivity index (χ1) is 14.3. The zero-order valence-corrected chi connectivity index (χ0v) is 17.3. The van der Waals surface area contributed by atoms with Gasteiger partial charge in [-0.25, -0.2) is 9.37 Å². The molecule has 2 heterocycles. The summed E-state index contributed by atoms with van der Waals surface area (Å²) in [6, 6.07) is 9.62. The Labute approximate surface area is 175 Å². The molecular formula is C24H24FN3O2. The Balaban J connectivity index is 1.78. The number of allylic oxidation sites excluding steroid dienone is 3. The number of hydrogen-bond donors (Lipinski definition) is 2. The number of amides is 1. The molecule has 6 heteroatoms. The number of aromatic nitrogens is 1. The summed E-state index contributed by atoms with van der Waals surface area (Å²) in [5.74, 6) is -0.543. The fraction of sp³-hybridized carbons (Fsp3) is 0.292. The van der Waals surface area contributed by atoms with Crippen LogP contribution < -0.4 is 10.6 Å². The van der Waals surface area contributed by atoms with Crippen molar-refractivity contribution in [3.8, 4) is 0 Å². The molecule has 2 atom stereocenters. The fourth-order valence-electron chi connectivity index (χ4n) is 4.25. The van der Waals surface area contributed by atoms with Crippen LogP contribution in [0.2, 0.25) is 0 Å². The Bertz CT molecular complexity index is 1070. The van der Waals surface area contributed by atoms with Crippen molar-refractivity contribution in [1.29, 1.82) is 0 Å². The van der Waals surface area contributed by atoms with Gasteiger partial charge in [0.05, 0.1) is 0 Å². The molecule has 0 radical (unpaired) electrons. The molecule has 2 aliphatic rings. The summed E-state index contributed by atoms with van der Waals surface area (Å²) < 4.78 is 13.6. The Hall–Kier alpha value is -3.28. The van der Waals surface area contributed by atoms with E-state index in [2.05, 4.69) is 15.6 Å². The number of benzene rings is 1. The molecular weight excluding hydrogens is 381 g/mol. The number of aryl methyl sites for hydroxylation is 1. The van der Waals surface area contributed by atoms with Gasteiger partial charge in [0.1, 0.15) is 11.6 Å². The number of carbonyl (C=O) groups is 2. The van der Waals surface area contributed by atoms with Crippen LogP contribution in [0.4, 0.5) is 10.2 Å². The zero-order valence-electron chi connectivity index (χ0n) is 17.3. The molecule has 0 bridgehead atoms. The average Bonchev–Trinajstić information content (AvgIpc) is 2.69. The minimum Gasteiger partial charge on any atom is -0.362 e. The molecule has 1 aromatic heterocycles. The van der Waals surface area contributed by atoms with Crippen LogP contribution in [-0.4, -0.2) is 16.7 Å². The quantitative estimate of drug-likeness (QED) is 0.795. The molecule has 4 rings (SSSR count). The molecule has 30 heavy (non-hydrogen) atoms. The molecule has 154 valence electrons. The predicted octanol–water partition coefficient (Wildman–Crippen LogP) is 4.38. The molecule has 2 unspecified atom stereocenters. The third-order valence-corrected chi connectivity index (χ3v) is 5.63. The van der Waals surface area contributed by atoms with Crippen molar-refractivity contribution in [2.75, 3.05) is 5.32 Å². The SMILES string of the molecule is CC1=C(C(=O)Nc2ccc(C)cn2)C(c2ccc(F)cc2)C2=C(CC(C)CC2=O)N1. The third kappa shape index (κ3) is 3.77. The van der Waals surface area contributed by atoms with E-state index in [1.165, 1.54) is 12.1 Å². The Kier molecular flexibility index (Phi) is 5.24. The maximum atomic E-state index is 13.6. The van der Waals surface area contributed by atoms with E-state index in [0.29, 0.717) is 29.1 Å². The number of carbonyl (C=O) groups excluding carboxylic acids is 2. The van der Waals surface area contributed by atoms with E-state index in [1.54, 1.807) is 24.4 Å². The highest BCUT2D eigenvalue weighted by molar-refractivity contribution is 6.09. The highest BCUT2D eigenvalue weighted by Crippen LogP contribution is 2.43. The van der Waals surface area contributed by atoms with Gasteiger partial charge in [-0.15, -0.1) is 0 Å². The van der Waals surface area contributed by atoms with Crippen molar-refractivity contribution in [3.05, 3.63) is 82.1 Å². The number of rotatable bonds is 3. The number of Topliss-reactive ketones (excluding diaryl/α,β-unsaturated/α-hetero) is 1. The highest BCUT2D eigenvalue weighted by atomic mass is 19.1. The Morgan fingerprint density at radius 2 is 1.87 bits per heavy atom. The number of nitrogens with zero attached hydrogens (tertiary/aromatic N) is 1. The topological polar surface area (TPSA) is 71.1 Å². The lowest BCUT2D eigenvalue weighted by Gasteiger charge is -2.36. The van der Waals surface area contributed by atoms with Crippen LogP contribution in [0.1, 0.15) is 43.7 Å². The normalized spacial score (nSPS) is 21.3. The first-order valence-corrected chi connectivity index (χ1v) is 10.1. The van der Waals surface area contributed by atoms with Gasteiger partial charge in [-0.2, -0.15) is 0 Å². The summed E-state index contributed by atoms with van der Waals surface area (Å²) in [4.78, 5) is 30.6. The molecule has 2 aromatic rings. The van der Waals surface area contributed by atoms with E-state index in [4.69, 9.17) is 0 Å². The molecule has 0 saturated carbocycles. The average molecular weight is 405 g/mol. The molecule has 0 fully saturated rings. The summed E-state index contributed by atoms with van der Waals surface area (Å²) >= 11 is 0. The lowest BCUT2D eigenvalue weighted by Crippen LogP contribution is -2.37. The summed E-state index contributed by atoms with van der Waals surface area (Å²) in [5, 5.41) is 6.14. The number of dihydropyridines is 1. The van der Waals surface area contributed by atoms with E-state index < -0.39 is 5.92 Å². The van der Waals surface area contributed by atoms with Crippen LogP contribution in [0.25, 0.3) is 0 Å². The number of halogens is 1. The van der Waals surface area contributed by atoms with E-state index >= 15 is 0 Å². The van der Waals surface area contributed by atoms with Crippen molar-refractivity contribution in [2.45, 2.75) is 39.5 Å². The summed E-state index contributed by atoms with van der Waals surface area (Å²) in [5.41, 5.74) is 4.31. The van der Waals surface area contributed by atoms with Crippen molar-refractivity contribution in [1.82, 2.24) is 10.3 Å². The molecule has 1 aliphatic heterocycles. The van der Waals surface area contributed by atoms with Gasteiger partial charge < -0.3 is 10.6 Å². The van der Waals surface area contributed by atoms with Gasteiger partial charge in [-0.3, -0.25) is 9.59 Å². The smallest absolute Gasteiger partial charge is 0.255 e. The van der Waals surface area contributed by atoms with Gasteiger partial charge in [0.2, 0.25) is 0 Å². The van der Waals surface area contributed by atoms with Crippen molar-refractivity contribution in [3.63, 3.8) is 0 Å². The Morgan fingerprint density at radius 3 is 2.53 bits per heavy atom. The van der Waals surface area contributed by atoms with Crippen LogP contribution in [0.15, 0.2) is 65.1 Å². The van der Waals surface area contributed by atoms with Gasteiger partial charge in [0, 0.05) is 41.1 Å². The molecule has 1 aliphatic carbocycles. The second-order valence-corrected chi connectivity index (χ2v) is 8.15. The van der Waals surface area contributed by atoms with Gasteiger partial charge >= 0.3 is 0 Å². The van der Waals surface area contributed by atoms with Crippen LogP contribution in [0.3, 0.4) is 0 Å². The van der Waals surface area contributed by atoms with E-state index in [0.717, 1.165) is 23.2 Å². The molecule has 0 saturated heterocycles. The minimum atomic E-state index is -0.549. The fourth-order valence-corrected chi connectivity index (χ4v) is 4.25. The summed E-state index contributed by atoms with van der Waals surface area (Å²) in [6.07, 6.45) is 2.86. The number of anilines is 1. The maximum absolute atomic E-state index is 13.6. The van der Waals surface area contributed by atoms with Gasteiger partial charge in [-0.1, -0.05) is 25.1 Å². The lowest BCUT2D eigenvalue weighted by molar-refractivity contribution is -0.117. The maximum Gasteiger partial charge on any atom is 0.255 e. The van der Waals surface area contributed by atoms with Gasteiger partial charge in [0.25, 0.3) is 5.91 Å². The van der Waals surface area contributed by atoms with Crippen molar-refractivity contribution < 1.29 is 14.0 Å². The molecule has 0 spiro atoms. The standard InChI is InChI=1S/C24H24FN3O2/c1-13-4-9-20(26-12-13)28-24(30)21-15(3)27-18-10-14(2)11-19(29)23(18)22(21)16-5-7-17(25)8-6-16/h4-9,12,14,22,27H,10-11H2,1-3H3,(H,26,28,30). The van der Waals surface area contributed by atoms with Crippen molar-refractivity contribution in [2.24, 2.45) is 5.92 Å². The van der Waals surface area contributed by atoms with Crippen molar-refractivity contribution >= 4 is 17.5 Å². The number of hydrogen-bond acceptors (Lipinski definition) is 4. The van der Waals surface area contributed by atoms with Crippen LogP contribution >= 0.6 is 0 Å². The van der Waals surface area contributed by atoms with Gasteiger partial charge in [-0.05, 0) is 55.5 Å². The molecule has 1 amide bonds. The van der Waals surface area contributed by atoms with E-state index in [-0.39, 0.29) is 23.4 Å².